The number of nitrogens with one attached hydrogen (secondary N) is 1. The SMILES string of the molecule is CCN(CCOC)c1ccc(/N=C2\SC(c3ccc(NC(=O)[C@@H]4C[C@@H](OC(C)(C)C)CN4C(=O)OCc4ccccc4)cc3)C(=O)N2Cc2cnccn2)cc1. The standard InChI is InChI=1S/C42H49N7O6S/c1-6-47(22-23-53-5)34-18-16-32(17-19-34)46-40-49(26-33-25-43-20-21-44-33)39(51)37(56-40)30-12-14-31(15-13-30)45-38(50)36-24-35(55-42(2,3)4)27-48(36)41(52)54-28-29-10-8-7-9-11-29/h7-21,25,35-37H,6,22-24,26-28H2,1-5H3,(H,45,50)/b46-40-/t35-,36+,37?/m1/s1. The second-order valence-electron chi connectivity index (χ2n) is 14.5. The summed E-state index contributed by atoms with van der Waals surface area (Å²) in [5.41, 5.74) is 4.10. The van der Waals surface area contributed by atoms with Gasteiger partial charge in [0.05, 0.1) is 49.0 Å². The molecule has 1 aromatic heterocycles. The van der Waals surface area contributed by atoms with Crippen LogP contribution in [0.2, 0.25) is 0 Å². The Morgan fingerprint density at radius 1 is 1.02 bits per heavy atom. The third-order valence-corrected chi connectivity index (χ3v) is 10.5. The summed E-state index contributed by atoms with van der Waals surface area (Å²) in [6.07, 6.45) is 4.24. The van der Waals surface area contributed by atoms with E-state index in [0.717, 1.165) is 35.6 Å². The highest BCUT2D eigenvalue weighted by molar-refractivity contribution is 8.15. The minimum atomic E-state index is -0.796. The van der Waals surface area contributed by atoms with Crippen molar-refractivity contribution in [1.29, 1.82) is 0 Å². The number of hydrogen-bond acceptors (Lipinski definition) is 11. The lowest BCUT2D eigenvalue weighted by molar-refractivity contribution is -0.126. The predicted octanol–water partition coefficient (Wildman–Crippen LogP) is 6.99. The number of anilines is 2. The number of thioether (sulfide) groups is 1. The van der Waals surface area contributed by atoms with Crippen molar-refractivity contribution in [2.75, 3.05) is 43.6 Å². The first-order valence-electron chi connectivity index (χ1n) is 18.7. The highest BCUT2D eigenvalue weighted by Gasteiger charge is 2.43. The Morgan fingerprint density at radius 3 is 2.43 bits per heavy atom. The van der Waals surface area contributed by atoms with Gasteiger partial charge in [0.2, 0.25) is 11.8 Å². The Morgan fingerprint density at radius 2 is 1.77 bits per heavy atom. The first-order chi connectivity index (χ1) is 27.0. The maximum Gasteiger partial charge on any atom is 0.410 e. The molecule has 13 nitrogen and oxygen atoms in total. The largest absolute Gasteiger partial charge is 0.445 e. The molecule has 3 atom stereocenters. The van der Waals surface area contributed by atoms with Crippen LogP contribution in [0.5, 0.6) is 0 Å². The van der Waals surface area contributed by atoms with Gasteiger partial charge in [-0.3, -0.25) is 29.4 Å². The number of ether oxygens (including phenoxy) is 3. The van der Waals surface area contributed by atoms with Crippen LogP contribution >= 0.6 is 11.8 Å². The molecule has 3 amide bonds. The van der Waals surface area contributed by atoms with E-state index in [4.69, 9.17) is 19.2 Å². The highest BCUT2D eigenvalue weighted by Crippen LogP contribution is 2.41. The van der Waals surface area contributed by atoms with Crippen molar-refractivity contribution >= 4 is 51.9 Å². The van der Waals surface area contributed by atoms with E-state index in [9.17, 15) is 14.4 Å². The summed E-state index contributed by atoms with van der Waals surface area (Å²) in [6, 6.07) is 23.7. The normalized spacial score (nSPS) is 19.1. The molecule has 0 spiro atoms. The number of carbonyl (C=O) groups excluding carboxylic acids is 3. The number of rotatable bonds is 14. The summed E-state index contributed by atoms with van der Waals surface area (Å²) in [6.45, 7) is 10.7. The van der Waals surface area contributed by atoms with E-state index in [-0.39, 0.29) is 37.6 Å². The lowest BCUT2D eigenvalue weighted by Gasteiger charge is -2.25. The number of methoxy groups -OCH3 is 1. The summed E-state index contributed by atoms with van der Waals surface area (Å²) in [5, 5.41) is 2.95. The van der Waals surface area contributed by atoms with Gasteiger partial charge >= 0.3 is 6.09 Å². The molecule has 4 aromatic rings. The van der Waals surface area contributed by atoms with Crippen LogP contribution in [0.15, 0.2) is 102 Å². The number of likely N-dealkylation sites (N-methyl/N-ethyl adjacent to an activating group) is 1. The fourth-order valence-corrected chi connectivity index (χ4v) is 7.77. The van der Waals surface area contributed by atoms with Crippen molar-refractivity contribution in [3.63, 3.8) is 0 Å². The fraction of sp³-hybridized carbons (Fsp3) is 0.381. The third kappa shape index (κ3) is 10.5. The average Bonchev–Trinajstić information content (AvgIpc) is 3.75. The van der Waals surface area contributed by atoms with E-state index < -0.39 is 23.0 Å². The molecule has 0 saturated carbocycles. The topological polar surface area (TPSA) is 139 Å². The Balaban J connectivity index is 1.16. The van der Waals surface area contributed by atoms with E-state index >= 15 is 0 Å². The molecule has 294 valence electrons. The lowest BCUT2D eigenvalue weighted by atomic mass is 10.1. The maximum atomic E-state index is 14.0. The van der Waals surface area contributed by atoms with Gasteiger partial charge in [-0.2, -0.15) is 0 Å². The Hall–Kier alpha value is -5.31. The van der Waals surface area contributed by atoms with Crippen LogP contribution in [0.25, 0.3) is 0 Å². The predicted molar refractivity (Wildman–Crippen MR) is 218 cm³/mol. The van der Waals surface area contributed by atoms with E-state index in [0.29, 0.717) is 29.6 Å². The van der Waals surface area contributed by atoms with E-state index in [1.54, 1.807) is 42.7 Å². The van der Waals surface area contributed by atoms with Crippen LogP contribution in [0.4, 0.5) is 21.9 Å². The summed E-state index contributed by atoms with van der Waals surface area (Å²) in [7, 11) is 1.69. The fourth-order valence-electron chi connectivity index (χ4n) is 6.59. The molecule has 0 aliphatic carbocycles. The monoisotopic (exact) mass is 779 g/mol. The van der Waals surface area contributed by atoms with Crippen molar-refractivity contribution in [3.05, 3.63) is 114 Å². The second-order valence-corrected chi connectivity index (χ2v) is 15.6. The molecule has 0 radical (unpaired) electrons. The molecule has 14 heteroatoms. The second kappa shape index (κ2) is 18.5. The van der Waals surface area contributed by atoms with Gasteiger partial charge in [-0.05, 0) is 75.2 Å². The van der Waals surface area contributed by atoms with Gasteiger partial charge in [0, 0.05) is 50.4 Å². The summed E-state index contributed by atoms with van der Waals surface area (Å²) in [4.78, 5) is 59.9. The molecule has 2 aliphatic rings. The molecule has 2 aliphatic heterocycles. The maximum absolute atomic E-state index is 14.0. The minimum Gasteiger partial charge on any atom is -0.445 e. The molecule has 6 rings (SSSR count). The zero-order valence-corrected chi connectivity index (χ0v) is 33.3. The quantitative estimate of drug-likeness (QED) is 0.143. The number of nitrogens with zero attached hydrogens (tertiary/aromatic N) is 6. The van der Waals surface area contributed by atoms with Gasteiger partial charge < -0.3 is 24.4 Å². The van der Waals surface area contributed by atoms with Crippen molar-refractivity contribution < 1.29 is 28.6 Å². The van der Waals surface area contributed by atoms with Crippen molar-refractivity contribution in [2.45, 2.75) is 70.3 Å². The van der Waals surface area contributed by atoms with Gasteiger partial charge in [0.15, 0.2) is 5.17 Å². The molecule has 56 heavy (non-hydrogen) atoms. The molecule has 3 aromatic carbocycles. The molecular formula is C42H49N7O6S. The zero-order valence-electron chi connectivity index (χ0n) is 32.5. The number of aliphatic imine (C=N–C) groups is 1. The molecule has 2 saturated heterocycles. The number of carbonyl (C=O) groups is 3. The van der Waals surface area contributed by atoms with Crippen molar-refractivity contribution in [1.82, 2.24) is 19.8 Å². The van der Waals surface area contributed by atoms with Gasteiger partial charge in [0.25, 0.3) is 0 Å². The van der Waals surface area contributed by atoms with Crippen molar-refractivity contribution in [3.8, 4) is 0 Å². The number of likely N-dealkylation sites (tertiary alicyclic amines) is 1. The van der Waals surface area contributed by atoms with Gasteiger partial charge in [0.1, 0.15) is 17.9 Å². The van der Waals surface area contributed by atoms with E-state index in [1.807, 2.05) is 87.5 Å². The third-order valence-electron chi connectivity index (χ3n) is 9.27. The van der Waals surface area contributed by atoms with Crippen LogP contribution in [-0.4, -0.2) is 93.9 Å². The highest BCUT2D eigenvalue weighted by atomic mass is 32.2. The van der Waals surface area contributed by atoms with E-state index in [1.165, 1.54) is 16.7 Å². The smallest absolute Gasteiger partial charge is 0.410 e. The Kier molecular flexibility index (Phi) is 13.4. The van der Waals surface area contributed by atoms with Crippen LogP contribution < -0.4 is 10.2 Å². The van der Waals surface area contributed by atoms with Gasteiger partial charge in [-0.15, -0.1) is 0 Å². The average molecular weight is 780 g/mol. The first-order valence-corrected chi connectivity index (χ1v) is 19.6. The van der Waals surface area contributed by atoms with Crippen LogP contribution in [-0.2, 0) is 37.0 Å². The number of hydrogen-bond donors (Lipinski definition) is 1. The number of benzene rings is 3. The first kappa shape index (κ1) is 40.4. The zero-order chi connectivity index (χ0) is 39.7. The molecule has 1 N–H and O–H groups in total. The molecule has 1 unspecified atom stereocenters. The van der Waals surface area contributed by atoms with Gasteiger partial charge in [-0.1, -0.05) is 54.2 Å². The summed E-state index contributed by atoms with van der Waals surface area (Å²) in [5.74, 6) is -0.484. The molecule has 0 bridgehead atoms. The van der Waals surface area contributed by atoms with Gasteiger partial charge in [-0.25, -0.2) is 9.79 Å². The van der Waals surface area contributed by atoms with Crippen molar-refractivity contribution in [2.24, 2.45) is 4.99 Å². The molecular weight excluding hydrogens is 731 g/mol. The summed E-state index contributed by atoms with van der Waals surface area (Å²) < 4.78 is 17.1. The number of amidine groups is 1. The van der Waals surface area contributed by atoms with Crippen LogP contribution in [0, 0.1) is 0 Å². The number of aromatic nitrogens is 2. The lowest BCUT2D eigenvalue weighted by Crippen LogP contribution is -2.43. The molecule has 2 fully saturated rings. The Bertz CT molecular complexity index is 1960. The summed E-state index contributed by atoms with van der Waals surface area (Å²) >= 11 is 1.36. The van der Waals surface area contributed by atoms with Crippen LogP contribution in [0.1, 0.15) is 56.2 Å². The van der Waals surface area contributed by atoms with E-state index in [2.05, 4.69) is 27.1 Å². The minimum absolute atomic E-state index is 0.0938. The van der Waals surface area contributed by atoms with Crippen LogP contribution in [0.3, 0.4) is 0 Å². The molecule has 3 heterocycles. The Labute approximate surface area is 332 Å². The number of amides is 3.